The van der Waals surface area contributed by atoms with Gasteiger partial charge >= 0.3 is 0 Å². The molecule has 0 radical (unpaired) electrons. The van der Waals surface area contributed by atoms with Crippen LogP contribution >= 0.6 is 17.1 Å². The molecule has 0 amide bonds. The van der Waals surface area contributed by atoms with Crippen LogP contribution in [0, 0.1) is 0 Å². The number of unbranched alkanes of at least 4 members (excludes halogenated alkanes) is 11. The first kappa shape index (κ1) is 25.9. The second-order valence-electron chi connectivity index (χ2n) is 6.88. The zero-order valence-electron chi connectivity index (χ0n) is 17.3. The van der Waals surface area contributed by atoms with E-state index in [2.05, 4.69) is 13.8 Å². The highest BCUT2D eigenvalue weighted by molar-refractivity contribution is 8.68. The van der Waals surface area contributed by atoms with Crippen LogP contribution in [0.1, 0.15) is 111 Å². The van der Waals surface area contributed by atoms with Crippen LogP contribution in [0.3, 0.4) is 0 Å². The van der Waals surface area contributed by atoms with Gasteiger partial charge in [0, 0.05) is 5.25 Å². The Hall–Kier alpha value is 0.920. The fourth-order valence-corrected chi connectivity index (χ4v) is 9.09. The minimum absolute atomic E-state index is 0.534. The molecule has 0 rings (SSSR count). The van der Waals surface area contributed by atoms with E-state index in [0.717, 1.165) is 0 Å². The van der Waals surface area contributed by atoms with E-state index < -0.39 is 5.69 Å². The van der Waals surface area contributed by atoms with Gasteiger partial charge in [-0.3, -0.25) is 0 Å². The first-order chi connectivity index (χ1) is 12.1. The summed E-state index contributed by atoms with van der Waals surface area (Å²) >= 11 is 7.36. The summed E-state index contributed by atoms with van der Waals surface area (Å²) in [7, 11) is 0. The molecule has 152 valence electrons. The van der Waals surface area contributed by atoms with E-state index in [9.17, 15) is 0 Å². The topological polar surface area (TPSA) is 18.5 Å². The van der Waals surface area contributed by atoms with Crippen LogP contribution in [-0.2, 0) is 20.9 Å². The van der Waals surface area contributed by atoms with Crippen molar-refractivity contribution in [2.75, 3.05) is 13.2 Å². The summed E-state index contributed by atoms with van der Waals surface area (Å²) in [5.74, 6) is 0. The van der Waals surface area contributed by atoms with Crippen LogP contribution in [0.25, 0.3) is 0 Å². The Bertz CT molecular complexity index is 317. The maximum atomic E-state index is 5.72. The molecule has 0 aromatic carbocycles. The molecule has 0 aliphatic rings. The summed E-state index contributed by atoms with van der Waals surface area (Å²) in [5.41, 5.74) is -2.11. The van der Waals surface area contributed by atoms with Gasteiger partial charge < -0.3 is 9.05 Å². The van der Waals surface area contributed by atoms with Crippen LogP contribution in [0.2, 0.25) is 0 Å². The number of rotatable bonds is 19. The maximum Gasteiger partial charge on any atom is 0.247 e. The van der Waals surface area contributed by atoms with Crippen molar-refractivity contribution in [1.82, 2.24) is 0 Å². The average molecular weight is 411 g/mol. The molecule has 0 bridgehead atoms. The summed E-state index contributed by atoms with van der Waals surface area (Å²) in [5, 5.41) is 0.534. The lowest BCUT2D eigenvalue weighted by Crippen LogP contribution is -2.00. The molecule has 2 nitrogen and oxygen atoms in total. The fourth-order valence-electron chi connectivity index (χ4n) is 2.96. The van der Waals surface area contributed by atoms with Gasteiger partial charge in [-0.25, -0.2) is 0 Å². The van der Waals surface area contributed by atoms with Crippen molar-refractivity contribution in [3.63, 3.8) is 0 Å². The molecule has 0 N–H and O–H groups in total. The molecule has 0 spiro atoms. The van der Waals surface area contributed by atoms with Crippen LogP contribution in [-0.4, -0.2) is 18.5 Å². The van der Waals surface area contributed by atoms with Crippen molar-refractivity contribution in [3.05, 3.63) is 0 Å². The zero-order chi connectivity index (χ0) is 18.8. The van der Waals surface area contributed by atoms with Crippen molar-refractivity contribution in [2.24, 2.45) is 0 Å². The quantitative estimate of drug-likeness (QED) is 0.157. The first-order valence-electron chi connectivity index (χ1n) is 10.7. The molecular weight excluding hydrogens is 367 g/mol. The molecule has 5 heteroatoms. The molecule has 0 heterocycles. The van der Waals surface area contributed by atoms with Gasteiger partial charge in [0.25, 0.3) is 0 Å². The lowest BCUT2D eigenvalue weighted by Gasteiger charge is -2.23. The number of hydrogen-bond donors (Lipinski definition) is 0. The Kier molecular flexibility index (Phi) is 19.0. The normalized spacial score (nSPS) is 13.3. The highest BCUT2D eigenvalue weighted by atomic mass is 32.9. The smallest absolute Gasteiger partial charge is 0.247 e. The van der Waals surface area contributed by atoms with Crippen LogP contribution in [0.15, 0.2) is 0 Å². The van der Waals surface area contributed by atoms with E-state index in [1.807, 2.05) is 13.8 Å². The van der Waals surface area contributed by atoms with Crippen molar-refractivity contribution in [1.29, 1.82) is 0 Å². The predicted octanol–water partition coefficient (Wildman–Crippen LogP) is 8.50. The van der Waals surface area contributed by atoms with Crippen LogP contribution < -0.4 is 0 Å². The molecule has 0 aliphatic carbocycles. The predicted molar refractivity (Wildman–Crippen MR) is 120 cm³/mol. The molecule has 0 aromatic heterocycles. The lowest BCUT2D eigenvalue weighted by atomic mass is 10.0. The van der Waals surface area contributed by atoms with E-state index in [4.69, 9.17) is 20.9 Å². The molecule has 0 aromatic rings. The summed E-state index contributed by atoms with van der Waals surface area (Å²) in [6.07, 6.45) is 18.1. The van der Waals surface area contributed by atoms with E-state index in [1.165, 1.54) is 83.5 Å². The third kappa shape index (κ3) is 16.8. The Morgan fingerprint density at radius 1 is 0.720 bits per heavy atom. The van der Waals surface area contributed by atoms with Gasteiger partial charge in [-0.2, -0.15) is 0 Å². The summed E-state index contributed by atoms with van der Waals surface area (Å²) in [4.78, 5) is 0. The Labute approximate surface area is 167 Å². The molecule has 1 atom stereocenters. The highest BCUT2D eigenvalue weighted by Gasteiger charge is 2.22. The third-order valence-corrected chi connectivity index (χ3v) is 10.2. The zero-order valence-corrected chi connectivity index (χ0v) is 19.8. The molecular formula is C20H43O2PS2. The van der Waals surface area contributed by atoms with Crippen molar-refractivity contribution >= 4 is 28.9 Å². The minimum atomic E-state index is -2.11. The molecule has 1 unspecified atom stereocenters. The summed E-state index contributed by atoms with van der Waals surface area (Å²) < 4.78 is 11.4. The average Bonchev–Trinajstić information content (AvgIpc) is 2.56. The van der Waals surface area contributed by atoms with Gasteiger partial charge in [0.05, 0.1) is 13.2 Å². The Morgan fingerprint density at radius 2 is 1.12 bits per heavy atom. The fraction of sp³-hybridized carbons (Fsp3) is 1.00. The van der Waals surface area contributed by atoms with Gasteiger partial charge in [0.1, 0.15) is 0 Å². The molecule has 0 saturated heterocycles. The van der Waals surface area contributed by atoms with E-state index >= 15 is 0 Å². The van der Waals surface area contributed by atoms with Gasteiger partial charge in [0.2, 0.25) is 5.69 Å². The molecule has 0 aliphatic heterocycles. The maximum absolute atomic E-state index is 5.72. The van der Waals surface area contributed by atoms with Gasteiger partial charge in [-0.05, 0) is 32.1 Å². The SMILES string of the molecule is CCCCCCCCCCCCCCC(C)SP(=S)(OCC)OCC. The van der Waals surface area contributed by atoms with Gasteiger partial charge in [0.15, 0.2) is 0 Å². The molecule has 0 fully saturated rings. The van der Waals surface area contributed by atoms with Crippen LogP contribution in [0.5, 0.6) is 0 Å². The van der Waals surface area contributed by atoms with Crippen molar-refractivity contribution in [2.45, 2.75) is 116 Å². The lowest BCUT2D eigenvalue weighted by molar-refractivity contribution is 0.280. The van der Waals surface area contributed by atoms with Gasteiger partial charge in [-0.1, -0.05) is 102 Å². The second-order valence-corrected chi connectivity index (χ2v) is 13.5. The standard InChI is InChI=1S/C20H43O2PS2/c1-5-8-9-10-11-12-13-14-15-16-17-18-19-20(4)25-23(24,21-6-2)22-7-3/h20H,5-19H2,1-4H3. The summed E-state index contributed by atoms with van der Waals surface area (Å²) in [6.45, 7) is 9.84. The third-order valence-electron chi connectivity index (χ3n) is 4.35. The van der Waals surface area contributed by atoms with Crippen molar-refractivity contribution in [3.8, 4) is 0 Å². The highest BCUT2D eigenvalue weighted by Crippen LogP contribution is 2.63. The first-order valence-corrected chi connectivity index (χ1v) is 14.8. The minimum Gasteiger partial charge on any atom is -0.322 e. The molecule has 25 heavy (non-hydrogen) atoms. The van der Waals surface area contributed by atoms with E-state index in [0.29, 0.717) is 18.5 Å². The van der Waals surface area contributed by atoms with Gasteiger partial charge in [-0.15, -0.1) is 0 Å². The monoisotopic (exact) mass is 410 g/mol. The second kappa shape index (κ2) is 18.3. The largest absolute Gasteiger partial charge is 0.322 e. The van der Waals surface area contributed by atoms with Crippen LogP contribution in [0.4, 0.5) is 0 Å². The molecule has 0 saturated carbocycles. The number of hydrogen-bond acceptors (Lipinski definition) is 4. The van der Waals surface area contributed by atoms with Crippen molar-refractivity contribution < 1.29 is 9.05 Å². The van der Waals surface area contributed by atoms with E-state index in [-0.39, 0.29) is 0 Å². The van der Waals surface area contributed by atoms with E-state index in [1.54, 1.807) is 11.4 Å². The Balaban J connectivity index is 3.50. The Morgan fingerprint density at radius 3 is 1.52 bits per heavy atom. The summed E-state index contributed by atoms with van der Waals surface area (Å²) in [6, 6.07) is 0.